The van der Waals surface area contributed by atoms with Crippen molar-refractivity contribution in [2.24, 2.45) is 0 Å². The number of aliphatic hydroxyl groups excluding tert-OH is 1. The van der Waals surface area contributed by atoms with E-state index in [0.717, 1.165) is 57.9 Å². The second-order valence-electron chi connectivity index (χ2n) is 10.6. The Morgan fingerprint density at radius 3 is 2.26 bits per heavy atom. The van der Waals surface area contributed by atoms with Crippen LogP contribution in [0.3, 0.4) is 0 Å². The lowest BCUT2D eigenvalue weighted by molar-refractivity contribution is -0.245. The number of rotatable bonds is 16. The molecule has 3 aromatic carbocycles. The van der Waals surface area contributed by atoms with Gasteiger partial charge in [-0.3, -0.25) is 9.59 Å². The van der Waals surface area contributed by atoms with Gasteiger partial charge in [-0.25, -0.2) is 0 Å². The fraction of sp³-hybridized carbons (Fsp3) is 0.412. The van der Waals surface area contributed by atoms with Crippen LogP contribution in [0.1, 0.15) is 79.6 Å². The summed E-state index contributed by atoms with van der Waals surface area (Å²) in [5.41, 5.74) is 3.78. The van der Waals surface area contributed by atoms with Gasteiger partial charge in [-0.05, 0) is 41.7 Å². The number of carboxylic acids is 1. The third-order valence-electron chi connectivity index (χ3n) is 7.39. The average molecular weight is 608 g/mol. The number of aliphatic carboxylic acids is 1. The first-order valence-corrected chi connectivity index (χ1v) is 15.8. The van der Waals surface area contributed by atoms with E-state index in [1.165, 1.54) is 0 Å². The van der Waals surface area contributed by atoms with Crippen LogP contribution in [0.25, 0.3) is 0 Å². The Kier molecular flexibility index (Phi) is 12.9. The van der Waals surface area contributed by atoms with Crippen LogP contribution >= 0.6 is 11.8 Å². The SMILES string of the molecule is COc1ccccc1SCC1CC(c2ccc(CO)cc2)OC(c2ccc(CNC(=O)CCCCCCC(=O)O)cc2)O1. The molecule has 9 heteroatoms. The van der Waals surface area contributed by atoms with Gasteiger partial charge in [-0.2, -0.15) is 0 Å². The summed E-state index contributed by atoms with van der Waals surface area (Å²) in [6, 6.07) is 23.7. The Morgan fingerprint density at radius 2 is 1.56 bits per heavy atom. The molecule has 0 bridgehead atoms. The van der Waals surface area contributed by atoms with Crippen LogP contribution in [-0.2, 0) is 32.2 Å². The molecule has 0 saturated carbocycles. The highest BCUT2D eigenvalue weighted by Crippen LogP contribution is 2.40. The van der Waals surface area contributed by atoms with E-state index in [2.05, 4.69) is 5.32 Å². The molecule has 230 valence electrons. The van der Waals surface area contributed by atoms with Crippen molar-refractivity contribution in [3.05, 3.63) is 95.1 Å². The number of para-hydroxylation sites is 1. The Hall–Kier alpha value is -3.37. The quantitative estimate of drug-likeness (QED) is 0.124. The van der Waals surface area contributed by atoms with Crippen LogP contribution in [0.5, 0.6) is 5.75 Å². The number of amides is 1. The molecule has 1 aliphatic heterocycles. The van der Waals surface area contributed by atoms with Crippen LogP contribution < -0.4 is 10.1 Å². The number of ether oxygens (including phenoxy) is 3. The Morgan fingerprint density at radius 1 is 0.884 bits per heavy atom. The summed E-state index contributed by atoms with van der Waals surface area (Å²) in [5.74, 6) is 0.786. The van der Waals surface area contributed by atoms with E-state index in [-0.39, 0.29) is 31.1 Å². The van der Waals surface area contributed by atoms with E-state index in [9.17, 15) is 14.7 Å². The lowest BCUT2D eigenvalue weighted by Gasteiger charge is -2.36. The van der Waals surface area contributed by atoms with E-state index in [1.807, 2.05) is 72.8 Å². The number of thioether (sulfide) groups is 1. The fourth-order valence-electron chi connectivity index (χ4n) is 4.94. The average Bonchev–Trinajstić information content (AvgIpc) is 3.04. The monoisotopic (exact) mass is 607 g/mol. The van der Waals surface area contributed by atoms with Crippen molar-refractivity contribution in [3.63, 3.8) is 0 Å². The Balaban J connectivity index is 1.35. The summed E-state index contributed by atoms with van der Waals surface area (Å²) in [5, 5.41) is 21.1. The lowest BCUT2D eigenvalue weighted by atomic mass is 10.0. The number of carbonyl (C=O) groups excluding carboxylic acids is 1. The van der Waals surface area contributed by atoms with E-state index < -0.39 is 12.3 Å². The second kappa shape index (κ2) is 17.1. The first-order chi connectivity index (χ1) is 20.9. The summed E-state index contributed by atoms with van der Waals surface area (Å²) >= 11 is 1.70. The molecular formula is C34H41NO7S. The van der Waals surface area contributed by atoms with E-state index >= 15 is 0 Å². The predicted molar refractivity (Wildman–Crippen MR) is 166 cm³/mol. The largest absolute Gasteiger partial charge is 0.496 e. The second-order valence-corrected chi connectivity index (χ2v) is 11.7. The van der Waals surface area contributed by atoms with Gasteiger partial charge in [-0.1, -0.05) is 73.5 Å². The number of nitrogens with one attached hydrogen (secondary N) is 1. The summed E-state index contributed by atoms with van der Waals surface area (Å²) in [6.07, 6.45) is 3.59. The normalized spacial score (nSPS) is 18.2. The molecule has 0 aliphatic carbocycles. The zero-order valence-corrected chi connectivity index (χ0v) is 25.4. The molecule has 0 radical (unpaired) electrons. The van der Waals surface area contributed by atoms with Crippen LogP contribution in [0.2, 0.25) is 0 Å². The molecule has 3 atom stereocenters. The minimum Gasteiger partial charge on any atom is -0.496 e. The number of unbranched alkanes of at least 4 members (excludes halogenated alkanes) is 3. The standard InChI is InChI=1S/C34H41NO7S/c1-40-29-8-6-7-9-31(29)43-23-28-20-30(26-16-14-25(22-36)15-17-26)42-34(41-28)27-18-12-24(13-19-27)21-35-32(37)10-4-2-3-5-11-33(38)39/h6-9,12-19,28,30,34,36H,2-5,10-11,20-23H2,1H3,(H,35,37)(H,38,39). The van der Waals surface area contributed by atoms with Gasteiger partial charge in [0.05, 0.1) is 25.9 Å². The van der Waals surface area contributed by atoms with E-state index in [1.54, 1.807) is 18.9 Å². The third kappa shape index (κ3) is 10.4. The number of hydrogen-bond donors (Lipinski definition) is 3. The highest BCUT2D eigenvalue weighted by Gasteiger charge is 2.32. The number of benzene rings is 3. The first-order valence-electron chi connectivity index (χ1n) is 14.8. The summed E-state index contributed by atoms with van der Waals surface area (Å²) in [6.45, 7) is 0.430. The number of aliphatic hydroxyl groups is 1. The molecule has 1 fully saturated rings. The summed E-state index contributed by atoms with van der Waals surface area (Å²) < 4.78 is 18.4. The molecule has 1 aliphatic rings. The molecule has 3 unspecified atom stereocenters. The molecule has 3 N–H and O–H groups in total. The van der Waals surface area contributed by atoms with Gasteiger partial charge in [0.15, 0.2) is 6.29 Å². The maximum Gasteiger partial charge on any atom is 0.303 e. The van der Waals surface area contributed by atoms with Crippen molar-refractivity contribution in [3.8, 4) is 5.75 Å². The molecule has 1 saturated heterocycles. The minimum atomic E-state index is -0.776. The van der Waals surface area contributed by atoms with Crippen molar-refractivity contribution in [2.75, 3.05) is 12.9 Å². The topological polar surface area (TPSA) is 114 Å². The summed E-state index contributed by atoms with van der Waals surface area (Å²) in [7, 11) is 1.68. The van der Waals surface area contributed by atoms with Crippen molar-refractivity contribution < 1.29 is 34.0 Å². The van der Waals surface area contributed by atoms with Crippen LogP contribution in [0.15, 0.2) is 77.7 Å². The summed E-state index contributed by atoms with van der Waals surface area (Å²) in [4.78, 5) is 23.9. The van der Waals surface area contributed by atoms with Gasteiger partial charge in [0.25, 0.3) is 0 Å². The van der Waals surface area contributed by atoms with Crippen molar-refractivity contribution in [1.82, 2.24) is 5.32 Å². The van der Waals surface area contributed by atoms with E-state index in [0.29, 0.717) is 25.8 Å². The van der Waals surface area contributed by atoms with Crippen molar-refractivity contribution >= 4 is 23.6 Å². The van der Waals surface area contributed by atoms with Gasteiger partial charge < -0.3 is 29.7 Å². The molecular weight excluding hydrogens is 566 g/mol. The number of carboxylic acid groups (broad SMARTS) is 1. The van der Waals surface area contributed by atoms with Gasteiger partial charge in [-0.15, -0.1) is 11.8 Å². The first kappa shape index (κ1) is 32.5. The van der Waals surface area contributed by atoms with Gasteiger partial charge in [0.2, 0.25) is 5.91 Å². The van der Waals surface area contributed by atoms with Crippen molar-refractivity contribution in [2.45, 2.75) is 81.5 Å². The number of methoxy groups -OCH3 is 1. The molecule has 43 heavy (non-hydrogen) atoms. The molecule has 1 amide bonds. The molecule has 8 nitrogen and oxygen atoms in total. The number of hydrogen-bond acceptors (Lipinski definition) is 7. The predicted octanol–water partition coefficient (Wildman–Crippen LogP) is 6.57. The maximum absolute atomic E-state index is 12.3. The zero-order chi connectivity index (χ0) is 30.4. The van der Waals surface area contributed by atoms with Gasteiger partial charge in [0, 0.05) is 42.0 Å². The third-order valence-corrected chi connectivity index (χ3v) is 8.58. The fourth-order valence-corrected chi connectivity index (χ4v) is 5.99. The number of carbonyl (C=O) groups is 2. The smallest absolute Gasteiger partial charge is 0.303 e. The van der Waals surface area contributed by atoms with Gasteiger partial charge in [0.1, 0.15) is 5.75 Å². The molecule has 4 rings (SSSR count). The molecule has 1 heterocycles. The van der Waals surface area contributed by atoms with Gasteiger partial charge >= 0.3 is 5.97 Å². The minimum absolute atomic E-state index is 0.00286. The van der Waals surface area contributed by atoms with Crippen molar-refractivity contribution in [1.29, 1.82) is 0 Å². The Bertz CT molecular complexity index is 1300. The lowest BCUT2D eigenvalue weighted by Crippen LogP contribution is -2.31. The molecule has 0 spiro atoms. The van der Waals surface area contributed by atoms with Crippen LogP contribution in [-0.4, -0.2) is 41.1 Å². The maximum atomic E-state index is 12.3. The Labute approximate surface area is 257 Å². The zero-order valence-electron chi connectivity index (χ0n) is 24.6. The van der Waals surface area contributed by atoms with Crippen LogP contribution in [0, 0.1) is 0 Å². The van der Waals surface area contributed by atoms with E-state index in [4.69, 9.17) is 19.3 Å². The molecule has 3 aromatic rings. The highest BCUT2D eigenvalue weighted by atomic mass is 32.2. The molecule has 0 aromatic heterocycles. The highest BCUT2D eigenvalue weighted by molar-refractivity contribution is 7.99. The van der Waals surface area contributed by atoms with Crippen LogP contribution in [0.4, 0.5) is 0 Å².